The summed E-state index contributed by atoms with van der Waals surface area (Å²) in [5.74, 6) is 1.54. The fourth-order valence-corrected chi connectivity index (χ4v) is 1.30. The topological polar surface area (TPSA) is 25.4 Å². The second-order valence-corrected chi connectivity index (χ2v) is 4.09. The van der Waals surface area contributed by atoms with Crippen LogP contribution in [0.25, 0.3) is 0 Å². The van der Waals surface area contributed by atoms with Gasteiger partial charge in [0.25, 0.3) is 0 Å². The molecule has 0 bridgehead atoms. The molecule has 1 aliphatic rings. The molecule has 0 amide bonds. The number of hydrogen-bond acceptors (Lipinski definition) is 3. The van der Waals surface area contributed by atoms with Crippen LogP contribution in [-0.4, -0.2) is 25.2 Å². The number of anilines is 1. The highest BCUT2D eigenvalue weighted by molar-refractivity contribution is 6.32. The molecule has 1 saturated carbocycles. The van der Waals surface area contributed by atoms with Crippen LogP contribution in [0.4, 0.5) is 5.82 Å². The molecule has 0 spiro atoms. The quantitative estimate of drug-likeness (QED) is 0.769. The van der Waals surface area contributed by atoms with E-state index in [1.165, 1.54) is 0 Å². The SMILES string of the molecule is CN(C)c1cc(Cl)c(OC2CC2)cn1. The average Bonchev–Trinajstić information content (AvgIpc) is 2.92. The van der Waals surface area contributed by atoms with E-state index >= 15 is 0 Å². The molecule has 4 heteroatoms. The molecule has 1 fully saturated rings. The summed E-state index contributed by atoms with van der Waals surface area (Å²) in [6.07, 6.45) is 4.31. The van der Waals surface area contributed by atoms with E-state index in [0.717, 1.165) is 18.7 Å². The van der Waals surface area contributed by atoms with Crippen molar-refractivity contribution < 1.29 is 4.74 Å². The van der Waals surface area contributed by atoms with Gasteiger partial charge in [-0.25, -0.2) is 4.98 Å². The van der Waals surface area contributed by atoms with Gasteiger partial charge in [0.15, 0.2) is 5.75 Å². The monoisotopic (exact) mass is 212 g/mol. The van der Waals surface area contributed by atoms with Crippen molar-refractivity contribution in [3.05, 3.63) is 17.3 Å². The Labute approximate surface area is 88.6 Å². The smallest absolute Gasteiger partial charge is 0.156 e. The van der Waals surface area contributed by atoms with Gasteiger partial charge in [0.1, 0.15) is 5.82 Å². The minimum atomic E-state index is 0.361. The minimum Gasteiger partial charge on any atom is -0.487 e. The maximum Gasteiger partial charge on any atom is 0.156 e. The second-order valence-electron chi connectivity index (χ2n) is 3.68. The highest BCUT2D eigenvalue weighted by atomic mass is 35.5. The maximum atomic E-state index is 6.05. The molecule has 2 rings (SSSR count). The Morgan fingerprint density at radius 1 is 1.50 bits per heavy atom. The Morgan fingerprint density at radius 3 is 2.71 bits per heavy atom. The number of pyridine rings is 1. The summed E-state index contributed by atoms with van der Waals surface area (Å²) >= 11 is 6.05. The van der Waals surface area contributed by atoms with Crippen LogP contribution < -0.4 is 9.64 Å². The van der Waals surface area contributed by atoms with Crippen molar-refractivity contribution in [2.75, 3.05) is 19.0 Å². The number of rotatable bonds is 3. The third kappa shape index (κ3) is 2.10. The van der Waals surface area contributed by atoms with Crippen LogP contribution in [0.3, 0.4) is 0 Å². The summed E-state index contributed by atoms with van der Waals surface area (Å²) in [6.45, 7) is 0. The third-order valence-electron chi connectivity index (χ3n) is 2.08. The summed E-state index contributed by atoms with van der Waals surface area (Å²) in [6, 6.07) is 1.82. The summed E-state index contributed by atoms with van der Waals surface area (Å²) in [7, 11) is 3.86. The number of halogens is 1. The molecule has 0 aliphatic heterocycles. The van der Waals surface area contributed by atoms with E-state index in [-0.39, 0.29) is 0 Å². The van der Waals surface area contributed by atoms with Crippen molar-refractivity contribution in [1.82, 2.24) is 4.98 Å². The lowest BCUT2D eigenvalue weighted by atomic mass is 10.4. The fraction of sp³-hybridized carbons (Fsp3) is 0.500. The summed E-state index contributed by atoms with van der Waals surface area (Å²) in [5, 5.41) is 0.635. The Kier molecular flexibility index (Phi) is 2.50. The number of nitrogens with zero attached hydrogens (tertiary/aromatic N) is 2. The van der Waals surface area contributed by atoms with Crippen LogP contribution in [0.15, 0.2) is 12.3 Å². The number of aromatic nitrogens is 1. The summed E-state index contributed by atoms with van der Waals surface area (Å²) in [4.78, 5) is 6.15. The Hall–Kier alpha value is -0.960. The van der Waals surface area contributed by atoms with E-state index in [1.807, 2.05) is 25.1 Å². The van der Waals surface area contributed by atoms with Crippen molar-refractivity contribution in [2.24, 2.45) is 0 Å². The molecular weight excluding hydrogens is 200 g/mol. The molecule has 0 unspecified atom stereocenters. The highest BCUT2D eigenvalue weighted by Crippen LogP contribution is 2.32. The van der Waals surface area contributed by atoms with Gasteiger partial charge in [-0.05, 0) is 12.8 Å². The predicted molar refractivity (Wildman–Crippen MR) is 57.2 cm³/mol. The average molecular weight is 213 g/mol. The van der Waals surface area contributed by atoms with Gasteiger partial charge in [0.2, 0.25) is 0 Å². The lowest BCUT2D eigenvalue weighted by Crippen LogP contribution is -2.10. The first-order valence-corrected chi connectivity index (χ1v) is 5.04. The molecule has 1 aromatic heterocycles. The van der Waals surface area contributed by atoms with E-state index in [9.17, 15) is 0 Å². The van der Waals surface area contributed by atoms with Gasteiger partial charge in [0.05, 0.1) is 17.3 Å². The summed E-state index contributed by atoms with van der Waals surface area (Å²) in [5.41, 5.74) is 0. The zero-order chi connectivity index (χ0) is 10.1. The van der Waals surface area contributed by atoms with Crippen molar-refractivity contribution in [3.8, 4) is 5.75 Å². The molecule has 1 aromatic rings. The minimum absolute atomic E-state index is 0.361. The molecule has 0 saturated heterocycles. The maximum absolute atomic E-state index is 6.05. The molecule has 76 valence electrons. The van der Waals surface area contributed by atoms with Gasteiger partial charge in [0, 0.05) is 20.2 Å². The third-order valence-corrected chi connectivity index (χ3v) is 2.38. The molecule has 0 radical (unpaired) electrons. The Morgan fingerprint density at radius 2 is 2.21 bits per heavy atom. The first-order chi connectivity index (χ1) is 6.66. The Balaban J connectivity index is 2.17. The van der Waals surface area contributed by atoms with Crippen LogP contribution in [0, 0.1) is 0 Å². The number of hydrogen-bond donors (Lipinski definition) is 0. The van der Waals surface area contributed by atoms with Crippen LogP contribution in [-0.2, 0) is 0 Å². The van der Waals surface area contributed by atoms with Crippen molar-refractivity contribution in [2.45, 2.75) is 18.9 Å². The van der Waals surface area contributed by atoms with Crippen molar-refractivity contribution >= 4 is 17.4 Å². The van der Waals surface area contributed by atoms with Crippen LogP contribution >= 0.6 is 11.6 Å². The van der Waals surface area contributed by atoms with Crippen molar-refractivity contribution in [1.29, 1.82) is 0 Å². The molecule has 0 aromatic carbocycles. The zero-order valence-corrected chi connectivity index (χ0v) is 9.08. The standard InChI is InChI=1S/C10H13ClN2O/c1-13(2)10-5-8(11)9(6-12-10)14-7-3-4-7/h5-7H,3-4H2,1-2H3. The highest BCUT2D eigenvalue weighted by Gasteiger charge is 2.24. The largest absolute Gasteiger partial charge is 0.487 e. The van der Waals surface area contributed by atoms with Gasteiger partial charge in [-0.1, -0.05) is 11.6 Å². The van der Waals surface area contributed by atoms with Gasteiger partial charge >= 0.3 is 0 Å². The Bertz CT molecular complexity index is 337. The summed E-state index contributed by atoms with van der Waals surface area (Å²) < 4.78 is 5.58. The normalized spacial score (nSPS) is 15.4. The van der Waals surface area contributed by atoms with E-state index in [1.54, 1.807) is 6.20 Å². The first-order valence-electron chi connectivity index (χ1n) is 4.66. The first kappa shape index (κ1) is 9.59. The van der Waals surface area contributed by atoms with E-state index < -0.39 is 0 Å². The van der Waals surface area contributed by atoms with Crippen LogP contribution in [0.5, 0.6) is 5.75 Å². The molecule has 0 N–H and O–H groups in total. The molecule has 14 heavy (non-hydrogen) atoms. The van der Waals surface area contributed by atoms with E-state index in [2.05, 4.69) is 4.98 Å². The van der Waals surface area contributed by atoms with Gasteiger partial charge in [-0.3, -0.25) is 0 Å². The predicted octanol–water partition coefficient (Wildman–Crippen LogP) is 2.34. The second kappa shape index (κ2) is 3.65. The fourth-order valence-electron chi connectivity index (χ4n) is 1.10. The molecule has 1 aliphatic carbocycles. The lowest BCUT2D eigenvalue weighted by molar-refractivity contribution is 0.302. The molecule has 0 atom stereocenters. The van der Waals surface area contributed by atoms with E-state index in [0.29, 0.717) is 16.9 Å². The van der Waals surface area contributed by atoms with Crippen molar-refractivity contribution in [3.63, 3.8) is 0 Å². The van der Waals surface area contributed by atoms with Gasteiger partial charge in [-0.15, -0.1) is 0 Å². The molecular formula is C10H13ClN2O. The zero-order valence-electron chi connectivity index (χ0n) is 8.33. The van der Waals surface area contributed by atoms with Gasteiger partial charge < -0.3 is 9.64 Å². The number of ether oxygens (including phenoxy) is 1. The molecule has 3 nitrogen and oxygen atoms in total. The molecule has 1 heterocycles. The van der Waals surface area contributed by atoms with E-state index in [4.69, 9.17) is 16.3 Å². The van der Waals surface area contributed by atoms with Crippen LogP contribution in [0.2, 0.25) is 5.02 Å². The van der Waals surface area contributed by atoms with Gasteiger partial charge in [-0.2, -0.15) is 0 Å². The lowest BCUT2D eigenvalue weighted by Gasteiger charge is -2.13. The van der Waals surface area contributed by atoms with Crippen LogP contribution in [0.1, 0.15) is 12.8 Å².